The Morgan fingerprint density at radius 1 is 1.18 bits per heavy atom. The first kappa shape index (κ1) is 21.5. The van der Waals surface area contributed by atoms with Gasteiger partial charge in [0.2, 0.25) is 5.91 Å². The standard InChI is InChI=1S/C20H29N3O5/c1-20(2,3)27-19(26)22-11-5-4-10-21-18(25)13-16-12-17(23-28-16)14-6-8-15(24)9-7-14/h6-9,16,24H,4-5,10-13H2,1-3H3,(H,21,25)(H,22,26). The van der Waals surface area contributed by atoms with Crippen LogP contribution in [-0.4, -0.2) is 47.6 Å². The maximum Gasteiger partial charge on any atom is 0.407 e. The smallest absolute Gasteiger partial charge is 0.407 e. The third-order valence-electron chi connectivity index (χ3n) is 3.94. The third-order valence-corrected chi connectivity index (χ3v) is 3.94. The van der Waals surface area contributed by atoms with Gasteiger partial charge in [-0.3, -0.25) is 4.79 Å². The van der Waals surface area contributed by atoms with Crippen molar-refractivity contribution in [3.05, 3.63) is 29.8 Å². The fourth-order valence-electron chi connectivity index (χ4n) is 2.62. The minimum absolute atomic E-state index is 0.0905. The fourth-order valence-corrected chi connectivity index (χ4v) is 2.62. The maximum absolute atomic E-state index is 12.0. The van der Waals surface area contributed by atoms with Crippen LogP contribution in [0.5, 0.6) is 5.75 Å². The number of hydrogen-bond donors (Lipinski definition) is 3. The van der Waals surface area contributed by atoms with E-state index >= 15 is 0 Å². The van der Waals surface area contributed by atoms with Gasteiger partial charge in [-0.1, -0.05) is 5.16 Å². The zero-order valence-corrected chi connectivity index (χ0v) is 16.7. The van der Waals surface area contributed by atoms with Crippen molar-refractivity contribution in [2.24, 2.45) is 5.16 Å². The molecule has 0 aromatic heterocycles. The molecule has 28 heavy (non-hydrogen) atoms. The van der Waals surface area contributed by atoms with Gasteiger partial charge in [0, 0.05) is 19.5 Å². The van der Waals surface area contributed by atoms with E-state index in [2.05, 4.69) is 15.8 Å². The molecule has 0 radical (unpaired) electrons. The van der Waals surface area contributed by atoms with Crippen molar-refractivity contribution >= 4 is 17.7 Å². The topological polar surface area (TPSA) is 109 Å². The number of aromatic hydroxyl groups is 1. The molecular formula is C20H29N3O5. The van der Waals surface area contributed by atoms with Crippen molar-refractivity contribution in [2.75, 3.05) is 13.1 Å². The van der Waals surface area contributed by atoms with Crippen LogP contribution in [0.25, 0.3) is 0 Å². The number of carbonyl (C=O) groups excluding carboxylic acids is 2. The first-order chi connectivity index (χ1) is 13.2. The molecule has 1 aromatic carbocycles. The van der Waals surface area contributed by atoms with Gasteiger partial charge in [0.05, 0.1) is 12.1 Å². The summed E-state index contributed by atoms with van der Waals surface area (Å²) in [6.45, 7) is 6.48. The Morgan fingerprint density at radius 3 is 2.46 bits per heavy atom. The number of amides is 2. The molecule has 0 aliphatic carbocycles. The van der Waals surface area contributed by atoms with Crippen molar-refractivity contribution in [3.63, 3.8) is 0 Å². The average Bonchev–Trinajstić information content (AvgIpc) is 3.05. The lowest BCUT2D eigenvalue weighted by atomic mass is 10.0. The Kier molecular flexibility index (Phi) is 7.66. The second kappa shape index (κ2) is 9.96. The molecule has 2 amide bonds. The highest BCUT2D eigenvalue weighted by molar-refractivity contribution is 6.01. The number of benzene rings is 1. The van der Waals surface area contributed by atoms with E-state index < -0.39 is 11.7 Å². The van der Waals surface area contributed by atoms with Crippen LogP contribution >= 0.6 is 0 Å². The predicted molar refractivity (Wildman–Crippen MR) is 105 cm³/mol. The van der Waals surface area contributed by atoms with Crippen LogP contribution in [0.4, 0.5) is 4.79 Å². The number of hydrogen-bond acceptors (Lipinski definition) is 6. The summed E-state index contributed by atoms with van der Waals surface area (Å²) in [4.78, 5) is 28.9. The first-order valence-electron chi connectivity index (χ1n) is 9.48. The Labute approximate surface area is 165 Å². The van der Waals surface area contributed by atoms with Crippen molar-refractivity contribution in [3.8, 4) is 5.75 Å². The summed E-state index contributed by atoms with van der Waals surface area (Å²) in [5.41, 5.74) is 1.14. The van der Waals surface area contributed by atoms with Gasteiger partial charge in [-0.05, 0) is 63.4 Å². The van der Waals surface area contributed by atoms with Crippen LogP contribution < -0.4 is 10.6 Å². The summed E-state index contributed by atoms with van der Waals surface area (Å²) >= 11 is 0. The number of alkyl carbamates (subject to hydrolysis) is 1. The molecule has 1 aliphatic rings. The molecule has 0 saturated heterocycles. The number of phenolic OH excluding ortho intramolecular Hbond substituents is 1. The van der Waals surface area contributed by atoms with E-state index in [1.165, 1.54) is 0 Å². The molecule has 154 valence electrons. The number of ether oxygens (including phenoxy) is 1. The lowest BCUT2D eigenvalue weighted by Gasteiger charge is -2.19. The highest BCUT2D eigenvalue weighted by Gasteiger charge is 2.24. The average molecular weight is 391 g/mol. The second-order valence-electron chi connectivity index (χ2n) is 7.71. The first-order valence-corrected chi connectivity index (χ1v) is 9.48. The van der Waals surface area contributed by atoms with Crippen LogP contribution in [0, 0.1) is 0 Å². The molecule has 0 spiro atoms. The summed E-state index contributed by atoms with van der Waals surface area (Å²) in [6, 6.07) is 6.72. The number of carbonyl (C=O) groups is 2. The van der Waals surface area contributed by atoms with E-state index in [9.17, 15) is 14.7 Å². The zero-order valence-electron chi connectivity index (χ0n) is 16.7. The minimum atomic E-state index is -0.508. The summed E-state index contributed by atoms with van der Waals surface area (Å²) in [6.07, 6.45) is 1.58. The number of nitrogens with zero attached hydrogens (tertiary/aromatic N) is 1. The summed E-state index contributed by atoms with van der Waals surface area (Å²) in [5.74, 6) is 0.104. The maximum atomic E-state index is 12.0. The van der Waals surface area contributed by atoms with Gasteiger partial charge in [0.15, 0.2) is 0 Å². The van der Waals surface area contributed by atoms with Gasteiger partial charge in [-0.25, -0.2) is 4.79 Å². The van der Waals surface area contributed by atoms with Crippen LogP contribution in [-0.2, 0) is 14.4 Å². The normalized spacial score (nSPS) is 16.1. The molecule has 1 atom stereocenters. The summed E-state index contributed by atoms with van der Waals surface area (Å²) in [5, 5.41) is 18.9. The Bertz CT molecular complexity index is 695. The van der Waals surface area contributed by atoms with Gasteiger partial charge in [0.25, 0.3) is 0 Å². The molecule has 1 aromatic rings. The van der Waals surface area contributed by atoms with Crippen LogP contribution in [0.1, 0.15) is 52.0 Å². The molecule has 3 N–H and O–H groups in total. The van der Waals surface area contributed by atoms with E-state index in [0.29, 0.717) is 19.5 Å². The largest absolute Gasteiger partial charge is 0.508 e. The molecule has 0 saturated carbocycles. The predicted octanol–water partition coefficient (Wildman–Crippen LogP) is 2.70. The van der Waals surface area contributed by atoms with Crippen molar-refractivity contribution in [2.45, 2.75) is 58.2 Å². The summed E-state index contributed by atoms with van der Waals surface area (Å²) in [7, 11) is 0. The fraction of sp³-hybridized carbons (Fsp3) is 0.550. The van der Waals surface area contributed by atoms with Crippen LogP contribution in [0.3, 0.4) is 0 Å². The van der Waals surface area contributed by atoms with Crippen LogP contribution in [0.2, 0.25) is 0 Å². The third kappa shape index (κ3) is 7.85. The lowest BCUT2D eigenvalue weighted by Crippen LogP contribution is -2.33. The second-order valence-corrected chi connectivity index (χ2v) is 7.71. The molecule has 1 aliphatic heterocycles. The molecular weight excluding hydrogens is 362 g/mol. The molecule has 2 rings (SSSR count). The molecule has 0 bridgehead atoms. The number of nitrogens with one attached hydrogen (secondary N) is 2. The number of oxime groups is 1. The summed E-state index contributed by atoms with van der Waals surface area (Å²) < 4.78 is 5.15. The quantitative estimate of drug-likeness (QED) is 0.590. The van der Waals surface area contributed by atoms with Crippen molar-refractivity contribution in [1.29, 1.82) is 0 Å². The molecule has 8 nitrogen and oxygen atoms in total. The lowest BCUT2D eigenvalue weighted by molar-refractivity contribution is -0.123. The van der Waals surface area contributed by atoms with Gasteiger partial charge in [0.1, 0.15) is 17.5 Å². The Morgan fingerprint density at radius 2 is 1.82 bits per heavy atom. The van der Waals surface area contributed by atoms with Gasteiger partial charge in [-0.15, -0.1) is 0 Å². The minimum Gasteiger partial charge on any atom is -0.508 e. The van der Waals surface area contributed by atoms with E-state index in [4.69, 9.17) is 9.57 Å². The molecule has 1 heterocycles. The van der Waals surface area contributed by atoms with Crippen LogP contribution in [0.15, 0.2) is 29.4 Å². The number of unbranched alkanes of at least 4 members (excludes halogenated alkanes) is 1. The molecule has 0 fully saturated rings. The van der Waals surface area contributed by atoms with E-state index in [1.807, 2.05) is 20.8 Å². The Balaban J connectivity index is 1.55. The zero-order chi connectivity index (χ0) is 20.6. The molecule has 8 heteroatoms. The number of phenols is 1. The molecule has 1 unspecified atom stereocenters. The van der Waals surface area contributed by atoms with E-state index in [1.54, 1.807) is 24.3 Å². The van der Waals surface area contributed by atoms with Crippen molar-refractivity contribution < 1.29 is 24.3 Å². The van der Waals surface area contributed by atoms with Gasteiger partial charge >= 0.3 is 6.09 Å². The highest BCUT2D eigenvalue weighted by Crippen LogP contribution is 2.20. The van der Waals surface area contributed by atoms with E-state index in [0.717, 1.165) is 24.1 Å². The van der Waals surface area contributed by atoms with Gasteiger partial charge < -0.3 is 25.3 Å². The highest BCUT2D eigenvalue weighted by atomic mass is 16.6. The Hall–Kier alpha value is -2.77. The van der Waals surface area contributed by atoms with Crippen molar-refractivity contribution in [1.82, 2.24) is 10.6 Å². The van der Waals surface area contributed by atoms with E-state index in [-0.39, 0.29) is 24.2 Å². The SMILES string of the molecule is CC(C)(C)OC(=O)NCCCCNC(=O)CC1CC(c2ccc(O)cc2)=NO1. The monoisotopic (exact) mass is 391 g/mol. The van der Waals surface area contributed by atoms with Gasteiger partial charge in [-0.2, -0.15) is 0 Å². The number of rotatable bonds is 8.